The first-order valence-electron chi connectivity index (χ1n) is 9.12. The molecule has 0 saturated heterocycles. The van der Waals surface area contributed by atoms with Crippen LogP contribution in [0.1, 0.15) is 30.0 Å². The molecule has 1 unspecified atom stereocenters. The van der Waals surface area contributed by atoms with Gasteiger partial charge >= 0.3 is 6.03 Å². The number of amides is 2. The number of fused-ring (bicyclic) bond motifs is 2. The predicted molar refractivity (Wildman–Crippen MR) is 108 cm³/mol. The highest BCUT2D eigenvalue weighted by Crippen LogP contribution is 2.31. The number of halogens is 2. The van der Waals surface area contributed by atoms with E-state index in [9.17, 15) is 14.3 Å². The Balaban J connectivity index is 1.82. The number of benzene rings is 1. The second-order valence-electron chi connectivity index (χ2n) is 6.78. The lowest BCUT2D eigenvalue weighted by atomic mass is 10.0. The van der Waals surface area contributed by atoms with Crippen LogP contribution in [0, 0.1) is 11.6 Å². The highest BCUT2D eigenvalue weighted by atomic mass is 19.1. The zero-order valence-corrected chi connectivity index (χ0v) is 16.5. The molecule has 4 rings (SSSR count). The van der Waals surface area contributed by atoms with Crippen molar-refractivity contribution in [2.45, 2.75) is 13.0 Å². The maximum atomic E-state index is 15.0. The van der Waals surface area contributed by atoms with Gasteiger partial charge in [0.15, 0.2) is 5.65 Å². The third-order valence-corrected chi connectivity index (χ3v) is 4.76. The fraction of sp³-hybridized carbons (Fsp3) is 0.150. The molecule has 0 radical (unpaired) electrons. The van der Waals surface area contributed by atoms with Crippen molar-refractivity contribution in [1.82, 2.24) is 24.6 Å². The van der Waals surface area contributed by atoms with E-state index in [-0.39, 0.29) is 16.6 Å². The number of aliphatic hydroxyl groups is 1. The molecule has 0 aliphatic carbocycles. The maximum absolute atomic E-state index is 15.0. The van der Waals surface area contributed by atoms with Gasteiger partial charge in [-0.2, -0.15) is 10.2 Å². The number of aliphatic hydroxyl groups excluding tert-OH is 1. The van der Waals surface area contributed by atoms with E-state index < -0.39 is 29.3 Å². The maximum Gasteiger partial charge on any atom is 0.334 e. The molecule has 1 aromatic carbocycles. The van der Waals surface area contributed by atoms with Crippen molar-refractivity contribution < 1.29 is 18.7 Å². The topological polar surface area (TPSA) is 122 Å². The van der Waals surface area contributed by atoms with Crippen molar-refractivity contribution in [2.75, 3.05) is 7.05 Å². The summed E-state index contributed by atoms with van der Waals surface area (Å²) in [6.07, 6.45) is 1.02. The van der Waals surface area contributed by atoms with Gasteiger partial charge in [0.1, 0.15) is 23.4 Å². The van der Waals surface area contributed by atoms with E-state index in [0.29, 0.717) is 17.1 Å². The molecule has 0 spiro atoms. The number of hydrogen-bond acceptors (Lipinski definition) is 6. The number of rotatable bonds is 4. The fourth-order valence-corrected chi connectivity index (χ4v) is 3.16. The first kappa shape index (κ1) is 20.3. The Morgan fingerprint density at radius 1 is 1.29 bits per heavy atom. The minimum absolute atomic E-state index is 0.0500. The summed E-state index contributed by atoms with van der Waals surface area (Å²) in [7, 11) is 1.39. The molecule has 3 heterocycles. The number of nitrogens with zero attached hydrogens (tertiary/aromatic N) is 6. The van der Waals surface area contributed by atoms with Crippen LogP contribution in [0.3, 0.4) is 0 Å². The molecule has 0 fully saturated rings. The number of primary amides is 1. The molecule has 1 atom stereocenters. The van der Waals surface area contributed by atoms with Crippen LogP contribution >= 0.6 is 0 Å². The normalized spacial score (nSPS) is 13.0. The SMILES string of the molecule is C/C(=N\N(C)C(N)=O)c1ccc2ncc(C(O)c3c(F)cc4ncccc4c3F)n2n1. The van der Waals surface area contributed by atoms with E-state index in [2.05, 4.69) is 20.2 Å². The molecule has 0 aliphatic heterocycles. The molecular formula is C20H17F2N7O2. The van der Waals surface area contributed by atoms with Crippen LogP contribution in [0.25, 0.3) is 16.6 Å². The van der Waals surface area contributed by atoms with Gasteiger partial charge in [-0.1, -0.05) is 0 Å². The molecule has 11 heteroatoms. The zero-order valence-electron chi connectivity index (χ0n) is 16.5. The molecule has 4 aromatic rings. The van der Waals surface area contributed by atoms with E-state index in [0.717, 1.165) is 11.1 Å². The van der Waals surface area contributed by atoms with Crippen LogP contribution in [-0.4, -0.2) is 48.5 Å². The van der Waals surface area contributed by atoms with Crippen LogP contribution in [0.15, 0.2) is 47.8 Å². The van der Waals surface area contributed by atoms with Crippen LogP contribution in [0.4, 0.5) is 13.6 Å². The van der Waals surface area contributed by atoms with Gasteiger partial charge < -0.3 is 10.8 Å². The van der Waals surface area contributed by atoms with Gasteiger partial charge in [0, 0.05) is 24.7 Å². The van der Waals surface area contributed by atoms with Crippen molar-refractivity contribution in [1.29, 1.82) is 0 Å². The molecule has 3 aromatic heterocycles. The van der Waals surface area contributed by atoms with Crippen LogP contribution in [0.5, 0.6) is 0 Å². The van der Waals surface area contributed by atoms with Gasteiger partial charge in [0.2, 0.25) is 0 Å². The number of carbonyl (C=O) groups excluding carboxylic acids is 1. The Labute approximate surface area is 174 Å². The predicted octanol–water partition coefficient (Wildman–Crippen LogP) is 2.37. The minimum atomic E-state index is -1.69. The monoisotopic (exact) mass is 425 g/mol. The lowest BCUT2D eigenvalue weighted by Gasteiger charge is -2.14. The Kier molecular flexibility index (Phi) is 5.03. The summed E-state index contributed by atoms with van der Waals surface area (Å²) in [6, 6.07) is 6.49. The molecule has 2 amide bonds. The third-order valence-electron chi connectivity index (χ3n) is 4.76. The summed E-state index contributed by atoms with van der Waals surface area (Å²) in [5.74, 6) is -1.86. The first-order valence-corrected chi connectivity index (χ1v) is 9.12. The van der Waals surface area contributed by atoms with E-state index in [1.807, 2.05) is 0 Å². The van der Waals surface area contributed by atoms with E-state index in [1.165, 1.54) is 36.1 Å². The first-order chi connectivity index (χ1) is 14.8. The Hall–Kier alpha value is -3.99. The molecule has 31 heavy (non-hydrogen) atoms. The molecule has 158 valence electrons. The summed E-state index contributed by atoms with van der Waals surface area (Å²) < 4.78 is 31.0. The van der Waals surface area contributed by atoms with Gasteiger partial charge in [-0.05, 0) is 31.2 Å². The second-order valence-corrected chi connectivity index (χ2v) is 6.78. The summed E-state index contributed by atoms with van der Waals surface area (Å²) in [5.41, 5.74) is 5.86. The van der Waals surface area contributed by atoms with Gasteiger partial charge in [-0.3, -0.25) is 4.98 Å². The van der Waals surface area contributed by atoms with Gasteiger partial charge in [0.05, 0.1) is 28.7 Å². The number of urea groups is 1. The highest BCUT2D eigenvalue weighted by Gasteiger charge is 2.26. The van der Waals surface area contributed by atoms with Crippen LogP contribution in [0.2, 0.25) is 0 Å². The lowest BCUT2D eigenvalue weighted by molar-refractivity contribution is 0.202. The summed E-state index contributed by atoms with van der Waals surface area (Å²) >= 11 is 0. The Morgan fingerprint density at radius 3 is 2.81 bits per heavy atom. The second kappa shape index (κ2) is 7.69. The minimum Gasteiger partial charge on any atom is -0.382 e. The Morgan fingerprint density at radius 2 is 2.06 bits per heavy atom. The largest absolute Gasteiger partial charge is 0.382 e. The average Bonchev–Trinajstić information content (AvgIpc) is 3.16. The van der Waals surface area contributed by atoms with Gasteiger partial charge in [-0.15, -0.1) is 0 Å². The van der Waals surface area contributed by atoms with E-state index >= 15 is 4.39 Å². The standard InChI is InChI=1S/C20H17F2N7O2/c1-10(26-28(2)20(23)31)13-5-6-16-25-9-15(29(16)27-13)19(30)17-12(21)8-14-11(18(17)22)4-3-7-24-14/h3-9,19,30H,1-2H3,(H2,23,31)/b26-10+. The molecule has 0 saturated carbocycles. The van der Waals surface area contributed by atoms with Crippen LogP contribution < -0.4 is 5.73 Å². The molecule has 3 N–H and O–H groups in total. The summed E-state index contributed by atoms with van der Waals surface area (Å²) in [4.78, 5) is 19.3. The quantitative estimate of drug-likeness (QED) is 0.384. The van der Waals surface area contributed by atoms with E-state index in [1.54, 1.807) is 19.1 Å². The van der Waals surface area contributed by atoms with Crippen molar-refractivity contribution in [3.05, 3.63) is 71.3 Å². The zero-order chi connectivity index (χ0) is 22.3. The number of pyridine rings is 1. The van der Waals surface area contributed by atoms with Crippen molar-refractivity contribution in [2.24, 2.45) is 10.8 Å². The Bertz CT molecular complexity index is 1350. The van der Waals surface area contributed by atoms with Crippen molar-refractivity contribution in [3.63, 3.8) is 0 Å². The number of hydrogen-bond donors (Lipinski definition) is 2. The number of imidazole rings is 1. The number of nitrogens with two attached hydrogens (primary N) is 1. The highest BCUT2D eigenvalue weighted by molar-refractivity contribution is 5.97. The number of hydrazone groups is 1. The van der Waals surface area contributed by atoms with Crippen molar-refractivity contribution >= 4 is 28.3 Å². The number of aromatic nitrogens is 4. The van der Waals surface area contributed by atoms with Crippen LogP contribution in [-0.2, 0) is 0 Å². The molecule has 0 aliphatic rings. The lowest BCUT2D eigenvalue weighted by Crippen LogP contribution is -2.28. The average molecular weight is 425 g/mol. The third kappa shape index (κ3) is 3.55. The molecule has 0 bridgehead atoms. The summed E-state index contributed by atoms with van der Waals surface area (Å²) in [6.45, 7) is 1.61. The number of carbonyl (C=O) groups is 1. The smallest absolute Gasteiger partial charge is 0.334 e. The van der Waals surface area contributed by atoms with Gasteiger partial charge in [0.25, 0.3) is 0 Å². The fourth-order valence-electron chi connectivity index (χ4n) is 3.16. The van der Waals surface area contributed by atoms with Gasteiger partial charge in [-0.25, -0.2) is 28.1 Å². The molecular weight excluding hydrogens is 408 g/mol. The molecule has 9 nitrogen and oxygen atoms in total. The van der Waals surface area contributed by atoms with Crippen molar-refractivity contribution in [3.8, 4) is 0 Å². The van der Waals surface area contributed by atoms with E-state index in [4.69, 9.17) is 5.73 Å². The summed E-state index contributed by atoms with van der Waals surface area (Å²) in [5, 5.41) is 20.2.